The Kier molecular flexibility index (Phi) is 3.04. The molecule has 5 heteroatoms. The Balaban J connectivity index is 2.60. The molecule has 0 fully saturated rings. The number of rotatable bonds is 3. The van der Waals surface area contributed by atoms with Crippen LogP contribution >= 0.6 is 15.9 Å². The van der Waals surface area contributed by atoms with Crippen molar-refractivity contribution < 1.29 is 9.52 Å². The molecule has 0 saturated heterocycles. The van der Waals surface area contributed by atoms with E-state index in [1.54, 1.807) is 0 Å². The number of nitrogens with zero attached hydrogens (tertiary/aromatic N) is 1. The van der Waals surface area contributed by atoms with Crippen molar-refractivity contribution in [1.82, 2.24) is 4.98 Å². The summed E-state index contributed by atoms with van der Waals surface area (Å²) in [5.41, 5.74) is 6.27. The van der Waals surface area contributed by atoms with Crippen molar-refractivity contribution in [3.63, 3.8) is 0 Å². The first-order valence-electron chi connectivity index (χ1n) is 3.21. The van der Waals surface area contributed by atoms with Crippen LogP contribution in [-0.4, -0.2) is 16.7 Å². The molecule has 1 aromatic heterocycles. The van der Waals surface area contributed by atoms with Crippen molar-refractivity contribution in [3.8, 4) is 0 Å². The number of aliphatic hydroxyl groups is 1. The molecule has 1 unspecified atom stereocenters. The fourth-order valence-electron chi connectivity index (χ4n) is 0.720. The second-order valence-electron chi connectivity index (χ2n) is 2.14. The molecule has 62 valence electrons. The summed E-state index contributed by atoms with van der Waals surface area (Å²) in [6, 6.07) is -0.241. The van der Waals surface area contributed by atoms with Gasteiger partial charge in [-0.15, -0.1) is 0 Å². The molecule has 4 nitrogen and oxygen atoms in total. The molecular formula is C6H9BrN2O2. The molecule has 0 spiro atoms. The molecule has 0 aliphatic carbocycles. The van der Waals surface area contributed by atoms with Crippen LogP contribution < -0.4 is 5.73 Å². The maximum atomic E-state index is 8.55. The van der Waals surface area contributed by atoms with E-state index in [-0.39, 0.29) is 12.6 Å². The Bertz CT molecular complexity index is 226. The lowest BCUT2D eigenvalue weighted by molar-refractivity contribution is 0.275. The SMILES string of the molecule is NC(CCO)c1coc(Br)n1. The van der Waals surface area contributed by atoms with Gasteiger partial charge < -0.3 is 15.3 Å². The van der Waals surface area contributed by atoms with Crippen LogP contribution in [-0.2, 0) is 0 Å². The lowest BCUT2D eigenvalue weighted by Gasteiger charge is -2.03. The number of hydrogen-bond donors (Lipinski definition) is 2. The van der Waals surface area contributed by atoms with Crippen LogP contribution in [0.3, 0.4) is 0 Å². The fourth-order valence-corrected chi connectivity index (χ4v) is 1.02. The van der Waals surface area contributed by atoms with Gasteiger partial charge in [0, 0.05) is 22.5 Å². The Morgan fingerprint density at radius 1 is 1.82 bits per heavy atom. The largest absolute Gasteiger partial charge is 0.439 e. The van der Waals surface area contributed by atoms with E-state index in [0.717, 1.165) is 0 Å². The Labute approximate surface area is 72.5 Å². The summed E-state index contributed by atoms with van der Waals surface area (Å²) in [6.07, 6.45) is 1.98. The molecule has 0 aromatic carbocycles. The summed E-state index contributed by atoms with van der Waals surface area (Å²) < 4.78 is 4.88. The molecule has 0 saturated carbocycles. The zero-order valence-electron chi connectivity index (χ0n) is 5.83. The second kappa shape index (κ2) is 3.85. The van der Waals surface area contributed by atoms with Gasteiger partial charge in [0.1, 0.15) is 6.26 Å². The maximum Gasteiger partial charge on any atom is 0.264 e. The normalized spacial score (nSPS) is 13.4. The number of oxazole rings is 1. The van der Waals surface area contributed by atoms with Gasteiger partial charge in [-0.05, 0) is 6.42 Å². The number of hydrogen-bond acceptors (Lipinski definition) is 4. The average molecular weight is 221 g/mol. The lowest BCUT2D eigenvalue weighted by atomic mass is 10.2. The van der Waals surface area contributed by atoms with Crippen molar-refractivity contribution in [2.75, 3.05) is 6.61 Å². The van der Waals surface area contributed by atoms with E-state index in [4.69, 9.17) is 15.3 Å². The van der Waals surface area contributed by atoms with E-state index in [1.807, 2.05) is 0 Å². The van der Waals surface area contributed by atoms with E-state index in [9.17, 15) is 0 Å². The van der Waals surface area contributed by atoms with Crippen molar-refractivity contribution in [2.24, 2.45) is 5.73 Å². The predicted octanol–water partition coefficient (Wildman–Crippen LogP) is 0.819. The summed E-state index contributed by atoms with van der Waals surface area (Å²) in [5, 5.41) is 8.55. The Morgan fingerprint density at radius 2 is 2.55 bits per heavy atom. The molecule has 0 radical (unpaired) electrons. The van der Waals surface area contributed by atoms with Crippen molar-refractivity contribution in [3.05, 3.63) is 16.8 Å². The predicted molar refractivity (Wildman–Crippen MR) is 42.8 cm³/mol. The minimum atomic E-state index is -0.241. The lowest BCUT2D eigenvalue weighted by Crippen LogP contribution is -2.12. The van der Waals surface area contributed by atoms with Crippen LogP contribution in [0.1, 0.15) is 18.2 Å². The molecular weight excluding hydrogens is 212 g/mol. The standard InChI is InChI=1S/C6H9BrN2O2/c7-6-9-5(3-11-6)4(8)1-2-10/h3-4,10H,1-2,8H2. The molecule has 1 heterocycles. The van der Waals surface area contributed by atoms with E-state index < -0.39 is 0 Å². The summed E-state index contributed by atoms with van der Waals surface area (Å²) in [5.74, 6) is 0. The topological polar surface area (TPSA) is 72.3 Å². The smallest absolute Gasteiger partial charge is 0.264 e. The van der Waals surface area contributed by atoms with Gasteiger partial charge in [0.15, 0.2) is 0 Å². The van der Waals surface area contributed by atoms with Crippen LogP contribution in [0.4, 0.5) is 0 Å². The average Bonchev–Trinajstić information content (AvgIpc) is 2.36. The quantitative estimate of drug-likeness (QED) is 0.792. The van der Waals surface area contributed by atoms with Gasteiger partial charge >= 0.3 is 0 Å². The number of aliphatic hydroxyl groups excluding tert-OH is 1. The number of halogens is 1. The maximum absolute atomic E-state index is 8.55. The van der Waals surface area contributed by atoms with E-state index in [2.05, 4.69) is 20.9 Å². The molecule has 3 N–H and O–H groups in total. The van der Waals surface area contributed by atoms with Crippen LogP contribution in [0, 0.1) is 0 Å². The highest BCUT2D eigenvalue weighted by atomic mass is 79.9. The van der Waals surface area contributed by atoms with Gasteiger partial charge in [-0.25, -0.2) is 4.98 Å². The van der Waals surface area contributed by atoms with Gasteiger partial charge in [0.25, 0.3) is 4.80 Å². The molecule has 1 atom stereocenters. The van der Waals surface area contributed by atoms with Crippen molar-refractivity contribution >= 4 is 15.9 Å². The van der Waals surface area contributed by atoms with Gasteiger partial charge in [-0.2, -0.15) is 0 Å². The molecule has 0 aliphatic rings. The minimum Gasteiger partial charge on any atom is -0.439 e. The summed E-state index contributed by atoms with van der Waals surface area (Å²) >= 11 is 3.06. The summed E-state index contributed by atoms with van der Waals surface area (Å²) in [7, 11) is 0. The van der Waals surface area contributed by atoms with Crippen LogP contribution in [0.25, 0.3) is 0 Å². The van der Waals surface area contributed by atoms with Crippen LogP contribution in [0.2, 0.25) is 0 Å². The third kappa shape index (κ3) is 2.28. The van der Waals surface area contributed by atoms with Gasteiger partial charge in [0.05, 0.1) is 11.7 Å². The van der Waals surface area contributed by atoms with Crippen LogP contribution in [0.5, 0.6) is 0 Å². The minimum absolute atomic E-state index is 0.0612. The highest BCUT2D eigenvalue weighted by molar-refractivity contribution is 9.10. The zero-order valence-corrected chi connectivity index (χ0v) is 7.41. The van der Waals surface area contributed by atoms with E-state index in [1.165, 1.54) is 6.26 Å². The number of nitrogens with two attached hydrogens (primary N) is 1. The molecule has 0 bridgehead atoms. The highest BCUT2D eigenvalue weighted by Gasteiger charge is 2.09. The Hall–Kier alpha value is -0.390. The van der Waals surface area contributed by atoms with E-state index in [0.29, 0.717) is 16.9 Å². The molecule has 0 aliphatic heterocycles. The zero-order chi connectivity index (χ0) is 8.27. The van der Waals surface area contributed by atoms with Gasteiger partial charge in [0.2, 0.25) is 0 Å². The number of aromatic nitrogens is 1. The summed E-state index contributed by atoms with van der Waals surface area (Å²) in [4.78, 5) is 4.36. The fraction of sp³-hybridized carbons (Fsp3) is 0.500. The summed E-state index contributed by atoms with van der Waals surface area (Å²) in [6.45, 7) is 0.0612. The van der Waals surface area contributed by atoms with Gasteiger partial charge in [-0.1, -0.05) is 0 Å². The van der Waals surface area contributed by atoms with Crippen molar-refractivity contribution in [1.29, 1.82) is 0 Å². The molecule has 11 heavy (non-hydrogen) atoms. The first-order chi connectivity index (χ1) is 5.24. The second-order valence-corrected chi connectivity index (χ2v) is 2.82. The van der Waals surface area contributed by atoms with Gasteiger partial charge in [-0.3, -0.25) is 0 Å². The highest BCUT2D eigenvalue weighted by Crippen LogP contribution is 2.15. The molecule has 1 aromatic rings. The first-order valence-corrected chi connectivity index (χ1v) is 4.00. The third-order valence-corrected chi connectivity index (χ3v) is 1.68. The van der Waals surface area contributed by atoms with E-state index >= 15 is 0 Å². The van der Waals surface area contributed by atoms with Crippen LogP contribution in [0.15, 0.2) is 15.5 Å². The Morgan fingerprint density at radius 3 is 3.00 bits per heavy atom. The molecule has 0 amide bonds. The third-order valence-electron chi connectivity index (χ3n) is 1.31. The van der Waals surface area contributed by atoms with Crippen molar-refractivity contribution in [2.45, 2.75) is 12.5 Å². The molecule has 1 rings (SSSR count). The monoisotopic (exact) mass is 220 g/mol. The first kappa shape index (κ1) is 8.70.